The van der Waals surface area contributed by atoms with Gasteiger partial charge in [0.25, 0.3) is 5.91 Å². The van der Waals surface area contributed by atoms with Crippen LogP contribution in [0.25, 0.3) is 0 Å². The Morgan fingerprint density at radius 1 is 1.55 bits per heavy atom. The van der Waals surface area contributed by atoms with Gasteiger partial charge in [-0.2, -0.15) is 0 Å². The maximum atomic E-state index is 12.5. The van der Waals surface area contributed by atoms with Gasteiger partial charge in [0.15, 0.2) is 0 Å². The summed E-state index contributed by atoms with van der Waals surface area (Å²) in [6.45, 7) is 6.14. The van der Waals surface area contributed by atoms with Crippen LogP contribution in [-0.4, -0.2) is 41.6 Å². The number of rotatable bonds is 4. The minimum Gasteiger partial charge on any atom is -0.384 e. The van der Waals surface area contributed by atoms with Crippen LogP contribution >= 0.6 is 0 Å². The molecule has 0 radical (unpaired) electrons. The summed E-state index contributed by atoms with van der Waals surface area (Å²) in [5.74, 6) is 0.413. The fraction of sp³-hybridized carbons (Fsp3) is 0.600. The van der Waals surface area contributed by atoms with Crippen molar-refractivity contribution in [2.45, 2.75) is 39.2 Å². The number of aromatic nitrogens is 1. The van der Waals surface area contributed by atoms with Crippen LogP contribution in [0.15, 0.2) is 12.1 Å². The normalized spacial score (nSPS) is 19.1. The number of amides is 1. The van der Waals surface area contributed by atoms with Gasteiger partial charge in [0.05, 0.1) is 6.10 Å². The summed E-state index contributed by atoms with van der Waals surface area (Å²) >= 11 is 0. The lowest BCUT2D eigenvalue weighted by atomic mass is 10.1. The smallest absolute Gasteiger partial charge is 0.254 e. The van der Waals surface area contributed by atoms with Crippen molar-refractivity contribution in [3.63, 3.8) is 0 Å². The standard InChI is InChI=1S/C15H23N3O2/c1-3-7-20-13-5-4-6-18(10-13)15(19)12-8-11(2)17-14(16)9-12/h8-9,13H,3-7,10H2,1-2H3,(H2,16,17). The van der Waals surface area contributed by atoms with Crippen LogP contribution in [-0.2, 0) is 4.74 Å². The number of anilines is 1. The third-order valence-electron chi connectivity index (χ3n) is 3.44. The molecule has 1 aromatic heterocycles. The molecule has 1 aliphatic rings. The number of ether oxygens (including phenoxy) is 1. The number of pyridine rings is 1. The molecule has 0 spiro atoms. The van der Waals surface area contributed by atoms with Crippen molar-refractivity contribution in [2.24, 2.45) is 0 Å². The van der Waals surface area contributed by atoms with Gasteiger partial charge in [0.2, 0.25) is 0 Å². The van der Waals surface area contributed by atoms with Crippen LogP contribution in [0.2, 0.25) is 0 Å². The number of aryl methyl sites for hydroxylation is 1. The predicted octanol–water partition coefficient (Wildman–Crippen LogP) is 2.00. The van der Waals surface area contributed by atoms with Crippen molar-refractivity contribution in [3.05, 3.63) is 23.4 Å². The van der Waals surface area contributed by atoms with E-state index >= 15 is 0 Å². The van der Waals surface area contributed by atoms with E-state index in [1.807, 2.05) is 11.8 Å². The number of hydrogen-bond donors (Lipinski definition) is 1. The summed E-state index contributed by atoms with van der Waals surface area (Å²) in [4.78, 5) is 18.5. The van der Waals surface area contributed by atoms with Crippen LogP contribution in [0.4, 0.5) is 5.82 Å². The zero-order valence-electron chi connectivity index (χ0n) is 12.3. The molecule has 1 saturated heterocycles. The van der Waals surface area contributed by atoms with Gasteiger partial charge in [-0.1, -0.05) is 6.92 Å². The summed E-state index contributed by atoms with van der Waals surface area (Å²) in [7, 11) is 0. The molecule has 0 aliphatic carbocycles. The molecular formula is C15H23N3O2. The summed E-state index contributed by atoms with van der Waals surface area (Å²) < 4.78 is 5.76. The maximum absolute atomic E-state index is 12.5. The molecule has 1 aromatic rings. The summed E-state index contributed by atoms with van der Waals surface area (Å²) in [5.41, 5.74) is 7.10. The highest BCUT2D eigenvalue weighted by molar-refractivity contribution is 5.95. The fourth-order valence-electron chi connectivity index (χ4n) is 2.54. The lowest BCUT2D eigenvalue weighted by Gasteiger charge is -2.32. The van der Waals surface area contributed by atoms with E-state index in [1.165, 1.54) is 0 Å². The van der Waals surface area contributed by atoms with Gasteiger partial charge in [-0.3, -0.25) is 4.79 Å². The Balaban J connectivity index is 2.04. The van der Waals surface area contributed by atoms with Crippen molar-refractivity contribution < 1.29 is 9.53 Å². The minimum absolute atomic E-state index is 0.0204. The molecule has 1 aliphatic heterocycles. The van der Waals surface area contributed by atoms with Crippen molar-refractivity contribution in [1.29, 1.82) is 0 Å². The average molecular weight is 277 g/mol. The second-order valence-corrected chi connectivity index (χ2v) is 5.31. The van der Waals surface area contributed by atoms with E-state index < -0.39 is 0 Å². The van der Waals surface area contributed by atoms with Crippen LogP contribution in [0, 0.1) is 6.92 Å². The molecule has 1 fully saturated rings. The van der Waals surface area contributed by atoms with E-state index in [1.54, 1.807) is 12.1 Å². The average Bonchev–Trinajstić information content (AvgIpc) is 2.43. The van der Waals surface area contributed by atoms with Gasteiger partial charge in [-0.05, 0) is 38.3 Å². The molecule has 2 N–H and O–H groups in total. The van der Waals surface area contributed by atoms with Crippen molar-refractivity contribution in [3.8, 4) is 0 Å². The highest BCUT2D eigenvalue weighted by Gasteiger charge is 2.25. The number of nitrogens with zero attached hydrogens (tertiary/aromatic N) is 2. The third-order valence-corrected chi connectivity index (χ3v) is 3.44. The second-order valence-electron chi connectivity index (χ2n) is 5.31. The lowest BCUT2D eigenvalue weighted by molar-refractivity contribution is 0.00211. The van der Waals surface area contributed by atoms with Crippen molar-refractivity contribution in [2.75, 3.05) is 25.4 Å². The molecule has 2 heterocycles. The number of nitrogens with two attached hydrogens (primary N) is 1. The number of carbonyl (C=O) groups is 1. The molecule has 0 saturated carbocycles. The van der Waals surface area contributed by atoms with E-state index in [9.17, 15) is 4.79 Å². The van der Waals surface area contributed by atoms with Crippen LogP contribution in [0.5, 0.6) is 0 Å². The van der Waals surface area contributed by atoms with Crippen LogP contribution in [0.1, 0.15) is 42.2 Å². The van der Waals surface area contributed by atoms with E-state index in [-0.39, 0.29) is 12.0 Å². The molecule has 0 bridgehead atoms. The van der Waals surface area contributed by atoms with E-state index in [4.69, 9.17) is 10.5 Å². The molecule has 1 unspecified atom stereocenters. The Labute approximate surface area is 120 Å². The van der Waals surface area contributed by atoms with Gasteiger partial charge in [0, 0.05) is 31.0 Å². The topological polar surface area (TPSA) is 68.5 Å². The van der Waals surface area contributed by atoms with E-state index in [0.29, 0.717) is 17.9 Å². The minimum atomic E-state index is 0.0204. The molecule has 2 rings (SSSR count). The maximum Gasteiger partial charge on any atom is 0.254 e. The highest BCUT2D eigenvalue weighted by Crippen LogP contribution is 2.17. The number of hydrogen-bond acceptors (Lipinski definition) is 4. The first-order valence-corrected chi connectivity index (χ1v) is 7.25. The Morgan fingerprint density at radius 3 is 3.05 bits per heavy atom. The van der Waals surface area contributed by atoms with E-state index in [0.717, 1.165) is 38.1 Å². The van der Waals surface area contributed by atoms with Crippen molar-refractivity contribution >= 4 is 11.7 Å². The zero-order chi connectivity index (χ0) is 14.5. The Bertz CT molecular complexity index is 456. The van der Waals surface area contributed by atoms with Crippen LogP contribution in [0.3, 0.4) is 0 Å². The van der Waals surface area contributed by atoms with Crippen molar-refractivity contribution in [1.82, 2.24) is 9.88 Å². The first-order valence-electron chi connectivity index (χ1n) is 7.25. The molecule has 110 valence electrons. The van der Waals surface area contributed by atoms with Gasteiger partial charge in [-0.15, -0.1) is 0 Å². The summed E-state index contributed by atoms with van der Waals surface area (Å²) in [6.07, 6.45) is 3.18. The first-order chi connectivity index (χ1) is 9.60. The Morgan fingerprint density at radius 2 is 2.35 bits per heavy atom. The number of nitrogen functional groups attached to an aromatic ring is 1. The van der Waals surface area contributed by atoms with Gasteiger partial charge < -0.3 is 15.4 Å². The largest absolute Gasteiger partial charge is 0.384 e. The monoisotopic (exact) mass is 277 g/mol. The van der Waals surface area contributed by atoms with Gasteiger partial charge in [0.1, 0.15) is 5.82 Å². The van der Waals surface area contributed by atoms with Crippen LogP contribution < -0.4 is 5.73 Å². The summed E-state index contributed by atoms with van der Waals surface area (Å²) in [5, 5.41) is 0. The SMILES string of the molecule is CCCOC1CCCN(C(=O)c2cc(C)nc(N)c2)C1. The third kappa shape index (κ3) is 3.70. The molecule has 1 atom stereocenters. The zero-order valence-corrected chi connectivity index (χ0v) is 12.3. The predicted molar refractivity (Wildman–Crippen MR) is 78.6 cm³/mol. The van der Waals surface area contributed by atoms with E-state index in [2.05, 4.69) is 11.9 Å². The number of likely N-dealkylation sites (tertiary alicyclic amines) is 1. The molecule has 0 aromatic carbocycles. The second kappa shape index (κ2) is 6.70. The van der Waals surface area contributed by atoms with Gasteiger partial charge in [-0.25, -0.2) is 4.98 Å². The molecule has 5 nitrogen and oxygen atoms in total. The number of carbonyl (C=O) groups excluding carboxylic acids is 1. The Hall–Kier alpha value is -1.62. The number of piperidine rings is 1. The quantitative estimate of drug-likeness (QED) is 0.914. The summed E-state index contributed by atoms with van der Waals surface area (Å²) in [6, 6.07) is 3.43. The molecule has 20 heavy (non-hydrogen) atoms. The molecule has 1 amide bonds. The van der Waals surface area contributed by atoms with Gasteiger partial charge >= 0.3 is 0 Å². The first kappa shape index (κ1) is 14.8. The molecule has 5 heteroatoms. The fourth-order valence-corrected chi connectivity index (χ4v) is 2.54. The highest BCUT2D eigenvalue weighted by atomic mass is 16.5. The molecular weight excluding hydrogens is 254 g/mol. The lowest BCUT2D eigenvalue weighted by Crippen LogP contribution is -2.43. The Kier molecular flexibility index (Phi) is 4.95.